The normalized spacial score (nSPS) is 20.6. The van der Waals surface area contributed by atoms with E-state index in [1.54, 1.807) is 23.1 Å². The number of aliphatic hydroxyl groups is 1. The smallest absolute Gasteiger partial charge is 0.295 e. The number of benzene rings is 2. The van der Waals surface area contributed by atoms with Gasteiger partial charge in [-0.15, -0.1) is 0 Å². The monoisotopic (exact) mass is 483 g/mol. The number of amides is 1. The first-order valence-electron chi connectivity index (χ1n) is 11.9. The summed E-state index contributed by atoms with van der Waals surface area (Å²) >= 11 is 6.42. The second kappa shape index (κ2) is 10.5. The van der Waals surface area contributed by atoms with E-state index in [4.69, 9.17) is 21.1 Å². The van der Waals surface area contributed by atoms with Gasteiger partial charge in [0.05, 0.1) is 29.9 Å². The molecule has 1 saturated heterocycles. The van der Waals surface area contributed by atoms with Crippen LogP contribution in [0.25, 0.3) is 5.76 Å². The molecule has 1 amide bonds. The SMILES string of the molecule is CCOc1cccc(C2/C(=C(\O)c3cc(OCC)ccc3Cl)C(=O)C(=O)N2C2CCCCC2)c1. The summed E-state index contributed by atoms with van der Waals surface area (Å²) in [7, 11) is 0. The molecule has 2 fully saturated rings. The quantitative estimate of drug-likeness (QED) is 0.302. The van der Waals surface area contributed by atoms with Gasteiger partial charge >= 0.3 is 0 Å². The minimum Gasteiger partial charge on any atom is -0.507 e. The predicted molar refractivity (Wildman–Crippen MR) is 131 cm³/mol. The van der Waals surface area contributed by atoms with Crippen molar-refractivity contribution in [3.05, 3.63) is 64.2 Å². The maximum Gasteiger partial charge on any atom is 0.295 e. The van der Waals surface area contributed by atoms with Gasteiger partial charge in [-0.1, -0.05) is 43.0 Å². The molecule has 180 valence electrons. The molecule has 1 saturated carbocycles. The molecule has 34 heavy (non-hydrogen) atoms. The van der Waals surface area contributed by atoms with E-state index < -0.39 is 17.7 Å². The zero-order valence-corrected chi connectivity index (χ0v) is 20.3. The van der Waals surface area contributed by atoms with Gasteiger partial charge in [0.25, 0.3) is 11.7 Å². The molecule has 2 aromatic rings. The number of halogens is 1. The maximum atomic E-state index is 13.4. The second-order valence-electron chi connectivity index (χ2n) is 8.58. The number of Topliss-reactive ketones (excluding diaryl/α,β-unsaturated/α-hetero) is 1. The second-order valence-corrected chi connectivity index (χ2v) is 8.99. The number of carbonyl (C=O) groups is 2. The summed E-state index contributed by atoms with van der Waals surface area (Å²) in [5.41, 5.74) is 1.02. The van der Waals surface area contributed by atoms with Crippen LogP contribution in [0, 0.1) is 0 Å². The number of carbonyl (C=O) groups excluding carboxylic acids is 2. The minimum atomic E-state index is -0.727. The summed E-state index contributed by atoms with van der Waals surface area (Å²) in [5.74, 6) is -0.421. The van der Waals surface area contributed by atoms with E-state index in [0.717, 1.165) is 32.1 Å². The molecular weight excluding hydrogens is 454 g/mol. The highest BCUT2D eigenvalue weighted by molar-refractivity contribution is 6.47. The fourth-order valence-electron chi connectivity index (χ4n) is 4.94. The van der Waals surface area contributed by atoms with Crippen LogP contribution < -0.4 is 9.47 Å². The summed E-state index contributed by atoms with van der Waals surface area (Å²) in [6, 6.07) is 11.5. The average molecular weight is 484 g/mol. The van der Waals surface area contributed by atoms with Crippen molar-refractivity contribution in [2.45, 2.75) is 58.0 Å². The third-order valence-electron chi connectivity index (χ3n) is 6.44. The Bertz CT molecular complexity index is 1110. The molecule has 4 rings (SSSR count). The van der Waals surface area contributed by atoms with Crippen LogP contribution in [-0.4, -0.2) is 41.0 Å². The van der Waals surface area contributed by atoms with Crippen LogP contribution in [0.4, 0.5) is 0 Å². The molecule has 1 atom stereocenters. The third-order valence-corrected chi connectivity index (χ3v) is 6.77. The molecule has 0 spiro atoms. The van der Waals surface area contributed by atoms with Crippen LogP contribution in [0.2, 0.25) is 5.02 Å². The molecule has 0 bridgehead atoms. The summed E-state index contributed by atoms with van der Waals surface area (Å²) in [4.78, 5) is 28.4. The van der Waals surface area contributed by atoms with Crippen LogP contribution in [-0.2, 0) is 9.59 Å². The van der Waals surface area contributed by atoms with E-state index in [2.05, 4.69) is 0 Å². The van der Waals surface area contributed by atoms with Crippen LogP contribution in [0.1, 0.15) is 63.1 Å². The van der Waals surface area contributed by atoms with Gasteiger partial charge in [0.15, 0.2) is 0 Å². The molecule has 1 aliphatic carbocycles. The van der Waals surface area contributed by atoms with Gasteiger partial charge in [-0.25, -0.2) is 0 Å². The number of ether oxygens (including phenoxy) is 2. The van der Waals surface area contributed by atoms with Crippen LogP contribution in [0.3, 0.4) is 0 Å². The lowest BCUT2D eigenvalue weighted by molar-refractivity contribution is -0.141. The van der Waals surface area contributed by atoms with E-state index in [1.807, 2.05) is 38.1 Å². The van der Waals surface area contributed by atoms with E-state index >= 15 is 0 Å². The van der Waals surface area contributed by atoms with E-state index in [9.17, 15) is 14.7 Å². The van der Waals surface area contributed by atoms with Crippen molar-refractivity contribution in [1.29, 1.82) is 0 Å². The maximum absolute atomic E-state index is 13.4. The molecule has 2 aliphatic rings. The predicted octanol–water partition coefficient (Wildman–Crippen LogP) is 5.89. The fourth-order valence-corrected chi connectivity index (χ4v) is 5.15. The molecule has 1 heterocycles. The van der Waals surface area contributed by atoms with Gasteiger partial charge < -0.3 is 19.5 Å². The zero-order chi connectivity index (χ0) is 24.2. The first-order chi connectivity index (χ1) is 16.5. The van der Waals surface area contributed by atoms with Gasteiger partial charge in [-0.2, -0.15) is 0 Å². The molecular formula is C27H30ClNO5. The molecule has 0 radical (unpaired) electrons. The Morgan fingerprint density at radius 2 is 1.68 bits per heavy atom. The van der Waals surface area contributed by atoms with Gasteiger partial charge in [0.1, 0.15) is 17.3 Å². The molecule has 7 heteroatoms. The number of hydrogen-bond acceptors (Lipinski definition) is 5. The lowest BCUT2D eigenvalue weighted by atomic mass is 9.91. The molecule has 2 aromatic carbocycles. The van der Waals surface area contributed by atoms with Crippen molar-refractivity contribution < 1.29 is 24.2 Å². The third kappa shape index (κ3) is 4.64. The van der Waals surface area contributed by atoms with E-state index in [-0.39, 0.29) is 28.0 Å². The number of likely N-dealkylation sites (tertiary alicyclic amines) is 1. The Morgan fingerprint density at radius 1 is 1.00 bits per heavy atom. The Balaban J connectivity index is 1.89. The Morgan fingerprint density at radius 3 is 2.35 bits per heavy atom. The first-order valence-corrected chi connectivity index (χ1v) is 12.3. The van der Waals surface area contributed by atoms with Crippen molar-refractivity contribution in [2.24, 2.45) is 0 Å². The summed E-state index contributed by atoms with van der Waals surface area (Å²) in [5, 5.41) is 11.7. The minimum absolute atomic E-state index is 0.0415. The van der Waals surface area contributed by atoms with Crippen molar-refractivity contribution in [2.75, 3.05) is 13.2 Å². The number of hydrogen-bond donors (Lipinski definition) is 1. The number of ketones is 1. The fraction of sp³-hybridized carbons (Fsp3) is 0.407. The average Bonchev–Trinajstić information content (AvgIpc) is 3.11. The van der Waals surface area contributed by atoms with Gasteiger partial charge in [0.2, 0.25) is 0 Å². The Kier molecular flexibility index (Phi) is 7.47. The van der Waals surface area contributed by atoms with E-state index in [1.165, 1.54) is 0 Å². The highest BCUT2D eigenvalue weighted by Gasteiger charge is 2.49. The van der Waals surface area contributed by atoms with Gasteiger partial charge in [-0.3, -0.25) is 9.59 Å². The molecule has 6 nitrogen and oxygen atoms in total. The summed E-state index contributed by atoms with van der Waals surface area (Å²) < 4.78 is 11.2. The Hall–Kier alpha value is -2.99. The van der Waals surface area contributed by atoms with E-state index in [0.29, 0.717) is 30.3 Å². The zero-order valence-electron chi connectivity index (χ0n) is 19.6. The number of rotatable bonds is 7. The largest absolute Gasteiger partial charge is 0.507 e. The number of aliphatic hydroxyl groups excluding tert-OH is 1. The molecule has 1 unspecified atom stereocenters. The van der Waals surface area contributed by atoms with Gasteiger partial charge in [0, 0.05) is 11.6 Å². The van der Waals surface area contributed by atoms with Gasteiger partial charge in [-0.05, 0) is 62.6 Å². The van der Waals surface area contributed by atoms with Crippen LogP contribution in [0.15, 0.2) is 48.0 Å². The molecule has 1 aliphatic heterocycles. The van der Waals surface area contributed by atoms with Crippen LogP contribution >= 0.6 is 11.6 Å². The summed E-state index contributed by atoms with van der Waals surface area (Å²) in [6.07, 6.45) is 4.78. The molecule has 0 aromatic heterocycles. The number of nitrogens with zero attached hydrogens (tertiary/aromatic N) is 1. The summed E-state index contributed by atoms with van der Waals surface area (Å²) in [6.45, 7) is 4.69. The Labute approximate surface area is 205 Å². The topological polar surface area (TPSA) is 76.1 Å². The lowest BCUT2D eigenvalue weighted by Crippen LogP contribution is -2.40. The standard InChI is InChI=1S/C27H30ClNO5/c1-3-33-19-12-8-9-17(15-19)24-23(25(30)21-16-20(34-4-2)13-14-22(21)28)26(31)27(32)29(24)18-10-6-5-7-11-18/h8-9,12-16,18,24,30H,3-7,10-11H2,1-2H3/b25-23+. The van der Waals surface area contributed by atoms with Crippen molar-refractivity contribution in [1.82, 2.24) is 4.90 Å². The first kappa shape index (κ1) is 24.1. The van der Waals surface area contributed by atoms with Crippen molar-refractivity contribution >= 4 is 29.1 Å². The highest BCUT2D eigenvalue weighted by Crippen LogP contribution is 2.44. The van der Waals surface area contributed by atoms with Crippen LogP contribution in [0.5, 0.6) is 11.5 Å². The van der Waals surface area contributed by atoms with Crippen molar-refractivity contribution in [3.63, 3.8) is 0 Å². The highest BCUT2D eigenvalue weighted by atomic mass is 35.5. The molecule has 1 N–H and O–H groups in total. The van der Waals surface area contributed by atoms with Crippen molar-refractivity contribution in [3.8, 4) is 11.5 Å². The lowest BCUT2D eigenvalue weighted by Gasteiger charge is -2.35.